The van der Waals surface area contributed by atoms with Gasteiger partial charge in [0.2, 0.25) is 5.91 Å². The molecule has 0 aliphatic rings. The minimum Gasteiger partial charge on any atom is -0.399 e. The third kappa shape index (κ3) is 4.47. The number of benzene rings is 1. The van der Waals surface area contributed by atoms with E-state index >= 15 is 0 Å². The normalized spacial score (nSPS) is 10.6. The first-order valence-corrected chi connectivity index (χ1v) is 8.50. The van der Waals surface area contributed by atoms with E-state index in [1.807, 2.05) is 6.92 Å². The third-order valence-electron chi connectivity index (χ3n) is 2.42. The number of amides is 1. The van der Waals surface area contributed by atoms with Crippen LogP contribution < -0.4 is 11.1 Å². The van der Waals surface area contributed by atoms with Gasteiger partial charge in [-0.2, -0.15) is 4.37 Å². The number of carbonyl (C=O) groups is 1. The first kappa shape index (κ1) is 16.4. The Morgan fingerprint density at radius 3 is 2.67 bits per heavy atom. The quantitative estimate of drug-likeness (QED) is 0.625. The Balaban J connectivity index is 1.96. The highest BCUT2D eigenvalue weighted by molar-refractivity contribution is 8.01. The molecular formula is C12H12Cl2N4OS2. The molecule has 21 heavy (non-hydrogen) atoms. The highest BCUT2D eigenvalue weighted by Crippen LogP contribution is 2.33. The Morgan fingerprint density at radius 1 is 1.43 bits per heavy atom. The molecule has 0 aliphatic heterocycles. The van der Waals surface area contributed by atoms with Crippen molar-refractivity contribution in [3.8, 4) is 0 Å². The zero-order chi connectivity index (χ0) is 15.4. The summed E-state index contributed by atoms with van der Waals surface area (Å²) in [4.78, 5) is 16.2. The predicted octanol–water partition coefficient (Wildman–Crippen LogP) is 3.72. The third-order valence-corrected chi connectivity index (χ3v) is 4.89. The summed E-state index contributed by atoms with van der Waals surface area (Å²) in [7, 11) is 0. The second-order valence-corrected chi connectivity index (χ2v) is 6.82. The Morgan fingerprint density at radius 2 is 2.10 bits per heavy atom. The summed E-state index contributed by atoms with van der Waals surface area (Å²) in [5.41, 5.74) is 6.42. The first-order chi connectivity index (χ1) is 9.99. The van der Waals surface area contributed by atoms with Crippen LogP contribution in [0.3, 0.4) is 0 Å². The van der Waals surface area contributed by atoms with Crippen LogP contribution >= 0.6 is 46.5 Å². The molecule has 5 nitrogen and oxygen atoms in total. The van der Waals surface area contributed by atoms with Crippen LogP contribution in [0, 0.1) is 0 Å². The van der Waals surface area contributed by atoms with E-state index in [4.69, 9.17) is 28.9 Å². The molecule has 0 radical (unpaired) electrons. The lowest BCUT2D eigenvalue weighted by Crippen LogP contribution is -2.14. The summed E-state index contributed by atoms with van der Waals surface area (Å²) >= 11 is 14.6. The maximum atomic E-state index is 11.9. The maximum Gasteiger partial charge on any atom is 0.234 e. The van der Waals surface area contributed by atoms with E-state index in [1.165, 1.54) is 35.4 Å². The SMILES string of the molecule is CCc1nsc(SCC(=O)Nc2c(Cl)cc(N)cc2Cl)n1. The van der Waals surface area contributed by atoms with E-state index in [0.29, 0.717) is 21.4 Å². The van der Waals surface area contributed by atoms with E-state index in [-0.39, 0.29) is 11.7 Å². The fraction of sp³-hybridized carbons (Fsp3) is 0.250. The van der Waals surface area contributed by atoms with E-state index in [0.717, 1.165) is 16.6 Å². The number of nitrogens with zero attached hydrogens (tertiary/aromatic N) is 2. The molecule has 0 aliphatic carbocycles. The van der Waals surface area contributed by atoms with Crippen LogP contribution in [0.25, 0.3) is 0 Å². The summed E-state index contributed by atoms with van der Waals surface area (Å²) in [5, 5.41) is 3.29. The lowest BCUT2D eigenvalue weighted by Gasteiger charge is -2.09. The molecule has 1 aromatic heterocycles. The van der Waals surface area contributed by atoms with Gasteiger partial charge >= 0.3 is 0 Å². The van der Waals surface area contributed by atoms with Crippen LogP contribution in [0.2, 0.25) is 10.0 Å². The van der Waals surface area contributed by atoms with E-state index in [1.54, 1.807) is 0 Å². The van der Waals surface area contributed by atoms with Crippen molar-refractivity contribution < 1.29 is 4.79 Å². The molecule has 0 fully saturated rings. The number of aromatic nitrogens is 2. The molecule has 112 valence electrons. The van der Waals surface area contributed by atoms with Gasteiger partial charge in [-0.05, 0) is 23.7 Å². The van der Waals surface area contributed by atoms with Crippen LogP contribution in [0.4, 0.5) is 11.4 Å². The van der Waals surface area contributed by atoms with E-state index in [9.17, 15) is 4.79 Å². The molecule has 2 rings (SSSR count). The Hall–Kier alpha value is -1.02. The van der Waals surface area contributed by atoms with Crippen molar-refractivity contribution in [2.24, 2.45) is 0 Å². The van der Waals surface area contributed by atoms with E-state index in [2.05, 4.69) is 14.7 Å². The Kier molecular flexibility index (Phi) is 5.69. The van der Waals surface area contributed by atoms with E-state index < -0.39 is 0 Å². The standard InChI is InChI=1S/C12H12Cl2N4OS2/c1-2-9-16-12(21-18-9)20-5-10(19)17-11-7(13)3-6(15)4-8(11)14/h3-4H,2,5,15H2,1H3,(H,17,19). The highest BCUT2D eigenvalue weighted by atomic mass is 35.5. The Bertz CT molecular complexity index is 639. The van der Waals surface area contributed by atoms with Crippen molar-refractivity contribution in [3.63, 3.8) is 0 Å². The zero-order valence-corrected chi connectivity index (χ0v) is 14.2. The molecule has 3 N–H and O–H groups in total. The van der Waals surface area contributed by atoms with Crippen LogP contribution in [0.5, 0.6) is 0 Å². The van der Waals surface area contributed by atoms with Crippen molar-refractivity contribution in [3.05, 3.63) is 28.0 Å². The molecular weight excluding hydrogens is 351 g/mol. The van der Waals surface area contributed by atoms with Gasteiger partial charge in [0.05, 0.1) is 21.5 Å². The molecule has 0 bridgehead atoms. The lowest BCUT2D eigenvalue weighted by molar-refractivity contribution is -0.113. The smallest absolute Gasteiger partial charge is 0.234 e. The number of carbonyl (C=O) groups excluding carboxylic acids is 1. The number of hydrogen-bond donors (Lipinski definition) is 2. The van der Waals surface area contributed by atoms with Gasteiger partial charge in [-0.25, -0.2) is 4.98 Å². The summed E-state index contributed by atoms with van der Waals surface area (Å²) < 4.78 is 4.92. The number of nitrogens with one attached hydrogen (secondary N) is 1. The summed E-state index contributed by atoms with van der Waals surface area (Å²) in [6, 6.07) is 3.07. The van der Waals surface area contributed by atoms with Gasteiger partial charge in [0.25, 0.3) is 0 Å². The van der Waals surface area contributed by atoms with Gasteiger partial charge < -0.3 is 11.1 Å². The van der Waals surface area contributed by atoms with Gasteiger partial charge in [0.1, 0.15) is 5.82 Å². The van der Waals surface area contributed by atoms with Crippen molar-refractivity contribution >= 4 is 63.8 Å². The average Bonchev–Trinajstić information content (AvgIpc) is 2.88. The van der Waals surface area contributed by atoms with Crippen LogP contribution in [-0.4, -0.2) is 21.0 Å². The topological polar surface area (TPSA) is 80.9 Å². The maximum absolute atomic E-state index is 11.9. The number of anilines is 2. The number of nitrogen functional groups attached to an aromatic ring is 1. The van der Waals surface area contributed by atoms with Crippen molar-refractivity contribution in [1.29, 1.82) is 0 Å². The molecule has 1 aromatic carbocycles. The fourth-order valence-corrected chi connectivity index (χ4v) is 3.55. The van der Waals surface area contributed by atoms with Gasteiger partial charge in [-0.3, -0.25) is 4.79 Å². The second-order valence-electron chi connectivity index (χ2n) is 4.03. The van der Waals surface area contributed by atoms with Gasteiger partial charge in [0, 0.05) is 12.1 Å². The highest BCUT2D eigenvalue weighted by Gasteiger charge is 2.12. The molecule has 1 heterocycles. The number of aryl methyl sites for hydroxylation is 1. The second kappa shape index (κ2) is 7.31. The summed E-state index contributed by atoms with van der Waals surface area (Å²) in [6.07, 6.45) is 0.778. The summed E-state index contributed by atoms with van der Waals surface area (Å²) in [5.74, 6) is 0.768. The average molecular weight is 363 g/mol. The minimum absolute atomic E-state index is 0.204. The Labute approximate surface area is 140 Å². The van der Waals surface area contributed by atoms with Crippen LogP contribution in [0.15, 0.2) is 16.5 Å². The number of thioether (sulfide) groups is 1. The lowest BCUT2D eigenvalue weighted by atomic mass is 10.3. The number of hydrogen-bond acceptors (Lipinski definition) is 6. The van der Waals surface area contributed by atoms with Crippen LogP contribution in [0.1, 0.15) is 12.7 Å². The van der Waals surface area contributed by atoms with Crippen LogP contribution in [-0.2, 0) is 11.2 Å². The minimum atomic E-state index is -0.221. The first-order valence-electron chi connectivity index (χ1n) is 5.99. The molecule has 9 heteroatoms. The van der Waals surface area contributed by atoms with Crippen molar-refractivity contribution in [1.82, 2.24) is 9.36 Å². The predicted molar refractivity (Wildman–Crippen MR) is 89.5 cm³/mol. The molecule has 0 spiro atoms. The van der Waals surface area contributed by atoms with Gasteiger partial charge in [-0.15, -0.1) is 0 Å². The van der Waals surface area contributed by atoms with Crippen molar-refractivity contribution in [2.45, 2.75) is 17.7 Å². The monoisotopic (exact) mass is 362 g/mol. The van der Waals surface area contributed by atoms with Crippen molar-refractivity contribution in [2.75, 3.05) is 16.8 Å². The fourth-order valence-electron chi connectivity index (χ4n) is 1.46. The number of nitrogens with two attached hydrogens (primary N) is 1. The zero-order valence-electron chi connectivity index (χ0n) is 11.0. The molecule has 0 unspecified atom stereocenters. The molecule has 0 saturated heterocycles. The molecule has 1 amide bonds. The molecule has 2 aromatic rings. The summed E-state index contributed by atoms with van der Waals surface area (Å²) in [6.45, 7) is 1.98. The van der Waals surface area contributed by atoms with Gasteiger partial charge in [-0.1, -0.05) is 41.9 Å². The largest absolute Gasteiger partial charge is 0.399 e. The molecule has 0 saturated carbocycles. The number of rotatable bonds is 5. The molecule has 0 atom stereocenters. The number of halogens is 2. The van der Waals surface area contributed by atoms with Gasteiger partial charge in [0.15, 0.2) is 4.34 Å².